The number of hydrogen-bond donors (Lipinski definition) is 2. The first-order chi connectivity index (χ1) is 5.91. The van der Waals surface area contributed by atoms with Gasteiger partial charge in [0.25, 0.3) is 0 Å². The van der Waals surface area contributed by atoms with Gasteiger partial charge in [-0.1, -0.05) is 32.9 Å². The van der Waals surface area contributed by atoms with Crippen LogP contribution in [0.3, 0.4) is 0 Å². The molecule has 0 saturated heterocycles. The summed E-state index contributed by atoms with van der Waals surface area (Å²) in [5, 5.41) is 4.03. The van der Waals surface area contributed by atoms with E-state index in [2.05, 4.69) is 57.0 Å². The monoisotopic (exact) mass is 199 g/mol. The molecule has 1 nitrogen and oxygen atoms in total. The predicted octanol–water partition coefficient (Wildman–Crippen LogP) is 2.66. The van der Waals surface area contributed by atoms with Crippen molar-refractivity contribution >= 4 is 10.9 Å². The SMILES string of the molecule is C[SH](C)C1C=CC(C(C)(C)C)=CN1. The molecule has 0 aromatic rings. The fourth-order valence-corrected chi connectivity index (χ4v) is 2.06. The van der Waals surface area contributed by atoms with E-state index in [9.17, 15) is 0 Å². The van der Waals surface area contributed by atoms with Gasteiger partial charge in [0.1, 0.15) is 0 Å². The first-order valence-corrected chi connectivity index (χ1v) is 7.03. The van der Waals surface area contributed by atoms with Gasteiger partial charge >= 0.3 is 0 Å². The minimum Gasteiger partial charge on any atom is -0.377 e. The number of dihydropyridines is 1. The predicted molar refractivity (Wildman–Crippen MR) is 64.4 cm³/mol. The second-order valence-electron chi connectivity index (χ2n) is 4.78. The van der Waals surface area contributed by atoms with Gasteiger partial charge in [0, 0.05) is 6.20 Å². The summed E-state index contributed by atoms with van der Waals surface area (Å²) in [5.41, 5.74) is 1.65. The molecular formula is C11H21NS. The molecule has 0 fully saturated rings. The maximum atomic E-state index is 3.46. The van der Waals surface area contributed by atoms with E-state index < -0.39 is 0 Å². The zero-order valence-electron chi connectivity index (χ0n) is 9.26. The molecule has 1 atom stereocenters. The van der Waals surface area contributed by atoms with Crippen LogP contribution in [0.4, 0.5) is 0 Å². The molecule has 0 amide bonds. The average molecular weight is 199 g/mol. The quantitative estimate of drug-likeness (QED) is 0.619. The third-order valence-electron chi connectivity index (χ3n) is 2.29. The molecule has 1 aliphatic rings. The van der Waals surface area contributed by atoms with E-state index in [1.54, 1.807) is 0 Å². The lowest BCUT2D eigenvalue weighted by molar-refractivity contribution is 0.509. The molecule has 0 bridgehead atoms. The van der Waals surface area contributed by atoms with Crippen LogP contribution in [-0.4, -0.2) is 17.9 Å². The van der Waals surface area contributed by atoms with E-state index in [1.807, 2.05) is 0 Å². The Balaban J connectivity index is 2.66. The summed E-state index contributed by atoms with van der Waals surface area (Å²) < 4.78 is 0. The molecule has 0 radical (unpaired) electrons. The zero-order valence-corrected chi connectivity index (χ0v) is 10.2. The van der Waals surface area contributed by atoms with Crippen molar-refractivity contribution in [2.24, 2.45) is 5.41 Å². The molecular weight excluding hydrogens is 178 g/mol. The Labute approximate surface area is 84.6 Å². The van der Waals surface area contributed by atoms with Gasteiger partial charge in [-0.3, -0.25) is 0 Å². The summed E-state index contributed by atoms with van der Waals surface area (Å²) in [5.74, 6) is 0. The molecule has 1 rings (SSSR count). The summed E-state index contributed by atoms with van der Waals surface area (Å²) in [7, 11) is 0.0840. The first kappa shape index (κ1) is 10.7. The van der Waals surface area contributed by atoms with Crippen LogP contribution in [0.2, 0.25) is 0 Å². The maximum Gasteiger partial charge on any atom is 0.0727 e. The van der Waals surface area contributed by atoms with Gasteiger partial charge in [-0.2, -0.15) is 0 Å². The fraction of sp³-hybridized carbons (Fsp3) is 0.636. The number of thiol groups is 1. The van der Waals surface area contributed by atoms with Gasteiger partial charge in [-0.15, -0.1) is 0 Å². The van der Waals surface area contributed by atoms with Crippen LogP contribution >= 0.6 is 10.9 Å². The molecule has 76 valence electrons. The second kappa shape index (κ2) is 3.79. The fourth-order valence-electron chi connectivity index (χ4n) is 1.26. The van der Waals surface area contributed by atoms with Gasteiger partial charge in [-0.25, -0.2) is 10.9 Å². The van der Waals surface area contributed by atoms with Crippen molar-refractivity contribution in [1.82, 2.24) is 5.32 Å². The normalized spacial score (nSPS) is 23.6. The van der Waals surface area contributed by atoms with Crippen molar-refractivity contribution in [3.63, 3.8) is 0 Å². The third-order valence-corrected chi connectivity index (χ3v) is 3.72. The summed E-state index contributed by atoms with van der Waals surface area (Å²) in [6.07, 6.45) is 11.3. The molecule has 0 spiro atoms. The highest BCUT2D eigenvalue weighted by Gasteiger charge is 2.18. The highest BCUT2D eigenvalue weighted by molar-refractivity contribution is 8.16. The third kappa shape index (κ3) is 2.80. The van der Waals surface area contributed by atoms with Crippen LogP contribution in [0.25, 0.3) is 0 Å². The van der Waals surface area contributed by atoms with Crippen molar-refractivity contribution in [2.45, 2.75) is 26.1 Å². The highest BCUT2D eigenvalue weighted by atomic mass is 32.2. The molecule has 2 heteroatoms. The molecule has 0 aromatic carbocycles. The Morgan fingerprint density at radius 3 is 2.23 bits per heavy atom. The lowest BCUT2D eigenvalue weighted by Crippen LogP contribution is -2.26. The smallest absolute Gasteiger partial charge is 0.0727 e. The Hall–Kier alpha value is -0.370. The van der Waals surface area contributed by atoms with Crippen molar-refractivity contribution in [1.29, 1.82) is 0 Å². The minimum absolute atomic E-state index is 0.0840. The standard InChI is InChI=1S/C11H21NS/c1-11(2,3)9-6-7-10(12-8-9)13(4)5/h6-8,10,12-13H,1-5H3. The summed E-state index contributed by atoms with van der Waals surface area (Å²) in [4.78, 5) is 0. The number of hydrogen-bond acceptors (Lipinski definition) is 1. The topological polar surface area (TPSA) is 12.0 Å². The Morgan fingerprint density at radius 1 is 1.31 bits per heavy atom. The molecule has 13 heavy (non-hydrogen) atoms. The number of rotatable bonds is 1. The molecule has 0 aliphatic carbocycles. The highest BCUT2D eigenvalue weighted by Crippen LogP contribution is 2.30. The van der Waals surface area contributed by atoms with Gasteiger partial charge < -0.3 is 5.32 Å². The average Bonchev–Trinajstić information content (AvgIpc) is 2.03. The number of nitrogens with one attached hydrogen (secondary N) is 1. The van der Waals surface area contributed by atoms with Crippen LogP contribution in [0.1, 0.15) is 20.8 Å². The van der Waals surface area contributed by atoms with Gasteiger partial charge in [0.15, 0.2) is 0 Å². The first-order valence-electron chi connectivity index (χ1n) is 4.72. The molecule has 0 aromatic heterocycles. The van der Waals surface area contributed by atoms with Crippen LogP contribution in [0.5, 0.6) is 0 Å². The minimum atomic E-state index is 0.0840. The molecule has 1 unspecified atom stereocenters. The maximum absolute atomic E-state index is 3.46. The molecule has 0 saturated carbocycles. The Morgan fingerprint density at radius 2 is 1.92 bits per heavy atom. The lowest BCUT2D eigenvalue weighted by Gasteiger charge is -2.29. The lowest BCUT2D eigenvalue weighted by atomic mass is 9.86. The number of allylic oxidation sites excluding steroid dienone is 2. The van der Waals surface area contributed by atoms with Gasteiger partial charge in [0.05, 0.1) is 5.37 Å². The van der Waals surface area contributed by atoms with Crippen molar-refractivity contribution < 1.29 is 0 Å². The van der Waals surface area contributed by atoms with Gasteiger partial charge in [0.2, 0.25) is 0 Å². The Kier molecular flexibility index (Phi) is 3.12. The Bertz CT molecular complexity index is 233. The van der Waals surface area contributed by atoms with E-state index in [4.69, 9.17) is 0 Å². The van der Waals surface area contributed by atoms with Crippen LogP contribution in [0.15, 0.2) is 23.9 Å². The van der Waals surface area contributed by atoms with Crippen LogP contribution in [0, 0.1) is 5.41 Å². The van der Waals surface area contributed by atoms with Crippen LogP contribution in [-0.2, 0) is 0 Å². The zero-order chi connectivity index (χ0) is 10.1. The van der Waals surface area contributed by atoms with Crippen LogP contribution < -0.4 is 5.32 Å². The largest absolute Gasteiger partial charge is 0.377 e. The summed E-state index contributed by atoms with van der Waals surface area (Å²) in [6.45, 7) is 6.73. The van der Waals surface area contributed by atoms with E-state index in [1.165, 1.54) is 5.57 Å². The van der Waals surface area contributed by atoms with E-state index in [-0.39, 0.29) is 16.3 Å². The van der Waals surface area contributed by atoms with Crippen molar-refractivity contribution in [2.75, 3.05) is 12.5 Å². The van der Waals surface area contributed by atoms with E-state index in [0.29, 0.717) is 5.37 Å². The summed E-state index contributed by atoms with van der Waals surface area (Å²) >= 11 is 0. The van der Waals surface area contributed by atoms with E-state index in [0.717, 1.165) is 0 Å². The molecule has 1 N–H and O–H groups in total. The summed E-state index contributed by atoms with van der Waals surface area (Å²) in [6, 6.07) is 0. The molecule has 1 heterocycles. The van der Waals surface area contributed by atoms with Crippen molar-refractivity contribution in [3.8, 4) is 0 Å². The second-order valence-corrected chi connectivity index (χ2v) is 7.27. The van der Waals surface area contributed by atoms with E-state index >= 15 is 0 Å². The molecule has 1 aliphatic heterocycles. The van der Waals surface area contributed by atoms with Crippen molar-refractivity contribution in [3.05, 3.63) is 23.9 Å². The van der Waals surface area contributed by atoms with Gasteiger partial charge in [-0.05, 0) is 23.5 Å².